The van der Waals surface area contributed by atoms with E-state index >= 15 is 0 Å². The topological polar surface area (TPSA) is 17.1 Å². The highest BCUT2D eigenvalue weighted by atomic mass is 19.1. The van der Waals surface area contributed by atoms with Gasteiger partial charge < -0.3 is 0 Å². The van der Waals surface area contributed by atoms with Crippen molar-refractivity contribution in [3.63, 3.8) is 0 Å². The van der Waals surface area contributed by atoms with Gasteiger partial charge in [-0.25, -0.2) is 8.78 Å². The highest BCUT2D eigenvalue weighted by Gasteiger charge is 2.31. The fourth-order valence-electron chi connectivity index (χ4n) is 2.44. The highest BCUT2D eigenvalue weighted by Crippen LogP contribution is 2.34. The number of hydrogen-bond acceptors (Lipinski definition) is 1. The van der Waals surface area contributed by atoms with Crippen LogP contribution in [0.2, 0.25) is 0 Å². The minimum Gasteiger partial charge on any atom is -0.293 e. The maximum Gasteiger partial charge on any atom is 0.170 e. The van der Waals surface area contributed by atoms with Gasteiger partial charge in [0.25, 0.3) is 0 Å². The Morgan fingerprint density at radius 2 is 1.61 bits per heavy atom. The van der Waals surface area contributed by atoms with Crippen LogP contribution in [0.25, 0.3) is 0 Å². The molecule has 0 radical (unpaired) electrons. The van der Waals surface area contributed by atoms with E-state index in [1.807, 2.05) is 0 Å². The van der Waals surface area contributed by atoms with E-state index < -0.39 is 0 Å². The van der Waals surface area contributed by atoms with Crippen LogP contribution in [-0.4, -0.2) is 5.78 Å². The van der Waals surface area contributed by atoms with Crippen molar-refractivity contribution in [3.05, 3.63) is 70.8 Å². The average molecular weight is 244 g/mol. The molecular formula is C15H10F2O. The summed E-state index contributed by atoms with van der Waals surface area (Å²) in [6.45, 7) is 0. The standard InChI is InChI=1S/C15H10F2O/c16-11-3-1-9(2-4-11)14-8-10-7-12(17)5-6-13(10)15(14)18/h1-7,14H,8H2. The average Bonchev–Trinajstić information content (AvgIpc) is 2.67. The molecule has 0 fully saturated rings. The molecule has 0 aliphatic heterocycles. The van der Waals surface area contributed by atoms with Gasteiger partial charge in [-0.1, -0.05) is 12.1 Å². The number of rotatable bonds is 1. The van der Waals surface area contributed by atoms with Gasteiger partial charge in [0.2, 0.25) is 0 Å². The van der Waals surface area contributed by atoms with Crippen molar-refractivity contribution in [1.29, 1.82) is 0 Å². The van der Waals surface area contributed by atoms with Crippen LogP contribution >= 0.6 is 0 Å². The molecule has 1 unspecified atom stereocenters. The van der Waals surface area contributed by atoms with Crippen molar-refractivity contribution >= 4 is 5.78 Å². The first-order chi connectivity index (χ1) is 8.65. The van der Waals surface area contributed by atoms with Crippen LogP contribution in [0.5, 0.6) is 0 Å². The third-order valence-corrected chi connectivity index (χ3v) is 3.35. The van der Waals surface area contributed by atoms with E-state index in [2.05, 4.69) is 0 Å². The number of benzene rings is 2. The van der Waals surface area contributed by atoms with E-state index in [-0.39, 0.29) is 23.3 Å². The van der Waals surface area contributed by atoms with Gasteiger partial charge in [-0.15, -0.1) is 0 Å². The van der Waals surface area contributed by atoms with Crippen molar-refractivity contribution in [1.82, 2.24) is 0 Å². The molecule has 1 nitrogen and oxygen atoms in total. The van der Waals surface area contributed by atoms with E-state index in [9.17, 15) is 13.6 Å². The molecule has 2 aromatic rings. The van der Waals surface area contributed by atoms with Crippen LogP contribution in [0.1, 0.15) is 27.4 Å². The molecule has 0 spiro atoms. The lowest BCUT2D eigenvalue weighted by molar-refractivity contribution is 0.0973. The summed E-state index contributed by atoms with van der Waals surface area (Å²) in [4.78, 5) is 12.2. The first-order valence-electron chi connectivity index (χ1n) is 5.73. The molecule has 90 valence electrons. The molecule has 2 aromatic carbocycles. The molecule has 1 aliphatic rings. The Morgan fingerprint density at radius 3 is 2.33 bits per heavy atom. The van der Waals surface area contributed by atoms with Gasteiger partial charge in [-0.2, -0.15) is 0 Å². The Morgan fingerprint density at radius 1 is 0.944 bits per heavy atom. The zero-order valence-corrected chi connectivity index (χ0v) is 9.49. The summed E-state index contributed by atoms with van der Waals surface area (Å²) in [5.41, 5.74) is 2.08. The van der Waals surface area contributed by atoms with Crippen LogP contribution in [-0.2, 0) is 6.42 Å². The Balaban J connectivity index is 1.99. The summed E-state index contributed by atoms with van der Waals surface area (Å²) in [6.07, 6.45) is 0.484. The number of fused-ring (bicyclic) bond motifs is 1. The van der Waals surface area contributed by atoms with Crippen molar-refractivity contribution in [2.24, 2.45) is 0 Å². The monoisotopic (exact) mass is 244 g/mol. The molecule has 0 heterocycles. The molecule has 1 aliphatic carbocycles. The van der Waals surface area contributed by atoms with E-state index in [0.29, 0.717) is 12.0 Å². The van der Waals surface area contributed by atoms with Gasteiger partial charge in [0.1, 0.15) is 11.6 Å². The largest absolute Gasteiger partial charge is 0.293 e. The van der Waals surface area contributed by atoms with Crippen molar-refractivity contribution < 1.29 is 13.6 Å². The second kappa shape index (κ2) is 4.02. The molecule has 3 rings (SSSR count). The number of Topliss-reactive ketones (excluding diaryl/α,β-unsaturated/α-hetero) is 1. The first kappa shape index (κ1) is 11.1. The molecule has 0 N–H and O–H groups in total. The third-order valence-electron chi connectivity index (χ3n) is 3.35. The van der Waals surface area contributed by atoms with Crippen molar-refractivity contribution in [2.75, 3.05) is 0 Å². The second-order valence-electron chi connectivity index (χ2n) is 4.47. The number of ketones is 1. The molecule has 0 saturated heterocycles. The minimum atomic E-state index is -0.332. The van der Waals surface area contributed by atoms with Crippen molar-refractivity contribution in [2.45, 2.75) is 12.3 Å². The predicted octanol–water partition coefficient (Wildman–Crippen LogP) is 3.49. The predicted molar refractivity (Wildman–Crippen MR) is 63.6 cm³/mol. The summed E-state index contributed by atoms with van der Waals surface area (Å²) in [6, 6.07) is 10.1. The Labute approximate surface area is 103 Å². The molecule has 3 heteroatoms. The molecule has 0 saturated carbocycles. The van der Waals surface area contributed by atoms with E-state index in [0.717, 1.165) is 11.1 Å². The number of carbonyl (C=O) groups is 1. The molecule has 0 aromatic heterocycles. The van der Waals surface area contributed by atoms with Crippen LogP contribution in [0.4, 0.5) is 8.78 Å². The first-order valence-corrected chi connectivity index (χ1v) is 5.73. The summed E-state index contributed by atoms with van der Waals surface area (Å²) < 4.78 is 26.0. The summed E-state index contributed by atoms with van der Waals surface area (Å²) in [7, 11) is 0. The van der Waals surface area contributed by atoms with Gasteiger partial charge in [0, 0.05) is 5.56 Å². The van der Waals surface area contributed by atoms with Gasteiger partial charge >= 0.3 is 0 Å². The number of carbonyl (C=O) groups excluding carboxylic acids is 1. The zero-order chi connectivity index (χ0) is 12.7. The lowest BCUT2D eigenvalue weighted by atomic mass is 9.95. The second-order valence-corrected chi connectivity index (χ2v) is 4.47. The smallest absolute Gasteiger partial charge is 0.170 e. The van der Waals surface area contributed by atoms with Gasteiger partial charge in [0.15, 0.2) is 5.78 Å². The quantitative estimate of drug-likeness (QED) is 0.750. The molecule has 1 atom stereocenters. The summed E-state index contributed by atoms with van der Waals surface area (Å²) >= 11 is 0. The summed E-state index contributed by atoms with van der Waals surface area (Å²) in [5, 5.41) is 0. The summed E-state index contributed by atoms with van der Waals surface area (Å²) in [5.74, 6) is -0.993. The van der Waals surface area contributed by atoms with Gasteiger partial charge in [-0.05, 0) is 47.9 Å². The Bertz CT molecular complexity index is 617. The van der Waals surface area contributed by atoms with Crippen molar-refractivity contribution in [3.8, 4) is 0 Å². The van der Waals surface area contributed by atoms with Crippen LogP contribution in [0.15, 0.2) is 42.5 Å². The minimum absolute atomic E-state index is 0.0170. The number of hydrogen-bond donors (Lipinski definition) is 0. The molecule has 0 amide bonds. The molecule has 0 bridgehead atoms. The lowest BCUT2D eigenvalue weighted by Gasteiger charge is -2.07. The SMILES string of the molecule is O=C1c2ccc(F)cc2CC1c1ccc(F)cc1. The van der Waals surface area contributed by atoms with Crippen LogP contribution in [0, 0.1) is 11.6 Å². The Hall–Kier alpha value is -2.03. The molecular weight excluding hydrogens is 234 g/mol. The van der Waals surface area contributed by atoms with E-state index in [1.165, 1.54) is 30.3 Å². The van der Waals surface area contributed by atoms with E-state index in [4.69, 9.17) is 0 Å². The fraction of sp³-hybridized carbons (Fsp3) is 0.133. The van der Waals surface area contributed by atoms with Gasteiger partial charge in [0.05, 0.1) is 5.92 Å². The Kier molecular flexibility index (Phi) is 2.47. The highest BCUT2D eigenvalue weighted by molar-refractivity contribution is 6.05. The van der Waals surface area contributed by atoms with Gasteiger partial charge in [-0.3, -0.25) is 4.79 Å². The lowest BCUT2D eigenvalue weighted by Crippen LogP contribution is -2.06. The van der Waals surface area contributed by atoms with Crippen LogP contribution < -0.4 is 0 Å². The van der Waals surface area contributed by atoms with Crippen LogP contribution in [0.3, 0.4) is 0 Å². The van der Waals surface area contributed by atoms with E-state index in [1.54, 1.807) is 12.1 Å². The maximum absolute atomic E-state index is 13.1. The number of halogens is 2. The maximum atomic E-state index is 13.1. The normalized spacial score (nSPS) is 17.9. The fourth-order valence-corrected chi connectivity index (χ4v) is 2.44. The zero-order valence-electron chi connectivity index (χ0n) is 9.49. The molecule has 18 heavy (non-hydrogen) atoms. The third kappa shape index (κ3) is 1.72.